The molecule has 0 saturated carbocycles. The summed E-state index contributed by atoms with van der Waals surface area (Å²) in [6.45, 7) is 3.19. The van der Waals surface area contributed by atoms with Gasteiger partial charge in [0.2, 0.25) is 9.84 Å². The summed E-state index contributed by atoms with van der Waals surface area (Å²) < 4.78 is 106. The number of nitro benzene ring substituents is 2. The Morgan fingerprint density at radius 3 is 1.53 bits per heavy atom. The monoisotopic (exact) mass is 856 g/mol. The van der Waals surface area contributed by atoms with E-state index in [0.29, 0.717) is 35.5 Å². The zero-order valence-corrected chi connectivity index (χ0v) is 31.4. The standard InChI is InChI=1S/C17H15F3N4O5S.C17H15F3N4O3S/c1-2-9-7-14(12(24(26)27)8-10(9)15(25)23-16(21)22)30(28,29)13-6-4-3-5-11(13)17(18,19)20;1-2-9-7-14(28-13-6-4-3-5-11(13)17(18,19)20)12(24(26)27)8-10(9)15(25)23-16(21)22/h3-8H,2H2,1H3,(H4,21,22,23,25);3-8H,2H2,1H3,(H4,21,22,23,25). The number of amides is 2. The van der Waals surface area contributed by atoms with Crippen LogP contribution in [0, 0.1) is 20.2 Å². The summed E-state index contributed by atoms with van der Waals surface area (Å²) in [7, 11) is -4.98. The Hall–Kier alpha value is -6.56. The van der Waals surface area contributed by atoms with Gasteiger partial charge in [0.05, 0.1) is 41.9 Å². The smallest absolute Gasteiger partial charge is 0.370 e. The van der Waals surface area contributed by atoms with E-state index >= 15 is 0 Å². The molecule has 0 unspecified atom stereocenters. The quantitative estimate of drug-likeness (QED) is 0.0457. The van der Waals surface area contributed by atoms with Crippen molar-refractivity contribution in [1.29, 1.82) is 0 Å². The number of sulfone groups is 1. The van der Waals surface area contributed by atoms with Crippen LogP contribution in [0.25, 0.3) is 0 Å². The summed E-state index contributed by atoms with van der Waals surface area (Å²) >= 11 is 0.602. The number of hydrogen-bond acceptors (Lipinski definition) is 9. The Bertz CT molecular complexity index is 2450. The summed E-state index contributed by atoms with van der Waals surface area (Å²) in [6.07, 6.45) is -9.33. The number of aryl methyl sites for hydroxylation is 2. The van der Waals surface area contributed by atoms with Crippen LogP contribution in [0.2, 0.25) is 0 Å². The average Bonchev–Trinajstić information content (AvgIpc) is 3.13. The van der Waals surface area contributed by atoms with Crippen molar-refractivity contribution in [3.63, 3.8) is 0 Å². The van der Waals surface area contributed by atoms with Gasteiger partial charge in [0.25, 0.3) is 23.2 Å². The highest BCUT2D eigenvalue weighted by Gasteiger charge is 2.40. The average molecular weight is 857 g/mol. The van der Waals surface area contributed by atoms with Crippen LogP contribution in [0.4, 0.5) is 37.7 Å². The molecule has 0 aliphatic rings. The Morgan fingerprint density at radius 2 is 1.09 bits per heavy atom. The molecule has 4 aromatic carbocycles. The Balaban J connectivity index is 0.000000311. The van der Waals surface area contributed by atoms with Gasteiger partial charge in [-0.1, -0.05) is 49.9 Å². The van der Waals surface area contributed by atoms with Gasteiger partial charge in [-0.2, -0.15) is 36.3 Å². The fourth-order valence-corrected chi connectivity index (χ4v) is 7.89. The van der Waals surface area contributed by atoms with Gasteiger partial charge >= 0.3 is 12.4 Å². The highest BCUT2D eigenvalue weighted by atomic mass is 32.2. The van der Waals surface area contributed by atoms with E-state index in [-0.39, 0.29) is 39.3 Å². The van der Waals surface area contributed by atoms with Gasteiger partial charge < -0.3 is 22.9 Å². The SMILES string of the molecule is CCc1cc(S(=O)(=O)c2ccccc2C(F)(F)F)c([N+](=O)[O-])cc1C(=O)N=C(N)N.CCc1cc(Sc2ccccc2C(F)(F)F)c([N+](=O)[O-])cc1C(=O)N=C(N)N. The van der Waals surface area contributed by atoms with E-state index in [9.17, 15) is 64.6 Å². The predicted molar refractivity (Wildman–Crippen MR) is 198 cm³/mol. The first kappa shape index (κ1) is 45.8. The van der Waals surface area contributed by atoms with Crippen LogP contribution in [-0.4, -0.2) is 42.0 Å². The summed E-state index contributed by atoms with van der Waals surface area (Å²) in [5, 5.41) is 23.0. The van der Waals surface area contributed by atoms with Gasteiger partial charge in [0.1, 0.15) is 4.90 Å². The molecule has 2 amide bonds. The van der Waals surface area contributed by atoms with Gasteiger partial charge in [-0.3, -0.25) is 29.8 Å². The maximum absolute atomic E-state index is 13.3. The summed E-state index contributed by atoms with van der Waals surface area (Å²) in [6, 6.07) is 11.8. The molecular weight excluding hydrogens is 827 g/mol. The number of rotatable bonds is 10. The van der Waals surface area contributed by atoms with E-state index in [0.717, 1.165) is 30.3 Å². The molecule has 0 aliphatic carbocycles. The van der Waals surface area contributed by atoms with Crippen molar-refractivity contribution >= 4 is 56.7 Å². The summed E-state index contributed by atoms with van der Waals surface area (Å²) in [5.74, 6) is -3.06. The normalized spacial score (nSPS) is 11.4. The summed E-state index contributed by atoms with van der Waals surface area (Å²) in [4.78, 5) is 49.7. The predicted octanol–water partition coefficient (Wildman–Crippen LogP) is 6.16. The van der Waals surface area contributed by atoms with Crippen LogP contribution in [-0.2, 0) is 35.0 Å². The first-order chi connectivity index (χ1) is 26.8. The minimum Gasteiger partial charge on any atom is -0.370 e. The number of carbonyl (C=O) groups is 2. The number of halogens is 6. The number of alkyl halides is 6. The Labute approximate surface area is 328 Å². The second-order valence-corrected chi connectivity index (χ2v) is 14.4. The van der Waals surface area contributed by atoms with Crippen molar-refractivity contribution in [2.24, 2.45) is 32.9 Å². The van der Waals surface area contributed by atoms with E-state index < -0.39 is 88.1 Å². The molecule has 58 heavy (non-hydrogen) atoms. The third-order valence-electron chi connectivity index (χ3n) is 7.63. The second-order valence-electron chi connectivity index (χ2n) is 11.5. The van der Waals surface area contributed by atoms with Gasteiger partial charge in [-0.15, -0.1) is 0 Å². The van der Waals surface area contributed by atoms with Gasteiger partial charge in [-0.25, -0.2) is 8.42 Å². The van der Waals surface area contributed by atoms with Crippen molar-refractivity contribution in [3.8, 4) is 0 Å². The lowest BCUT2D eigenvalue weighted by molar-refractivity contribution is -0.388. The van der Waals surface area contributed by atoms with Crippen molar-refractivity contribution in [1.82, 2.24) is 0 Å². The molecular formula is C34H30F6N8O8S2. The highest BCUT2D eigenvalue weighted by Crippen LogP contribution is 2.43. The maximum atomic E-state index is 13.3. The van der Waals surface area contributed by atoms with Gasteiger partial charge in [-0.05, 0) is 60.4 Å². The lowest BCUT2D eigenvalue weighted by Crippen LogP contribution is -2.24. The van der Waals surface area contributed by atoms with E-state index in [1.165, 1.54) is 31.2 Å². The van der Waals surface area contributed by atoms with Crippen molar-refractivity contribution in [2.75, 3.05) is 0 Å². The van der Waals surface area contributed by atoms with Crippen molar-refractivity contribution < 1.29 is 54.2 Å². The third kappa shape index (κ3) is 10.8. The topological polar surface area (TPSA) is 283 Å². The minimum atomic E-state index is -5.02. The lowest BCUT2D eigenvalue weighted by Gasteiger charge is -2.14. The maximum Gasteiger partial charge on any atom is 0.417 e. The Kier molecular flexibility index (Phi) is 14.3. The fourth-order valence-electron chi connectivity index (χ4n) is 5.10. The highest BCUT2D eigenvalue weighted by molar-refractivity contribution is 7.99. The second kappa shape index (κ2) is 18.1. The molecule has 0 bridgehead atoms. The molecule has 0 spiro atoms. The lowest BCUT2D eigenvalue weighted by atomic mass is 10.0. The number of carbonyl (C=O) groups excluding carboxylic acids is 2. The molecule has 16 nitrogen and oxygen atoms in total. The molecule has 0 atom stereocenters. The molecule has 0 saturated heterocycles. The first-order valence-corrected chi connectivity index (χ1v) is 18.3. The van der Waals surface area contributed by atoms with Gasteiger partial charge in [0.15, 0.2) is 11.9 Å². The number of nitrogens with two attached hydrogens (primary N) is 4. The first-order valence-electron chi connectivity index (χ1n) is 16.0. The largest absolute Gasteiger partial charge is 0.417 e. The number of nitrogens with zero attached hydrogens (tertiary/aromatic N) is 4. The van der Waals surface area contributed by atoms with E-state index in [1.807, 2.05) is 0 Å². The van der Waals surface area contributed by atoms with E-state index in [2.05, 4.69) is 9.98 Å². The van der Waals surface area contributed by atoms with E-state index in [1.54, 1.807) is 6.92 Å². The van der Waals surface area contributed by atoms with Crippen molar-refractivity contribution in [2.45, 2.75) is 58.6 Å². The molecule has 8 N–H and O–H groups in total. The molecule has 0 aromatic heterocycles. The number of aliphatic imine (C=N–C) groups is 2. The minimum absolute atomic E-state index is 0.00124. The molecule has 0 fully saturated rings. The van der Waals surface area contributed by atoms with E-state index in [4.69, 9.17) is 22.9 Å². The molecule has 308 valence electrons. The van der Waals surface area contributed by atoms with Crippen LogP contribution in [0.5, 0.6) is 0 Å². The zero-order chi connectivity index (χ0) is 43.9. The van der Waals surface area contributed by atoms with Crippen molar-refractivity contribution in [3.05, 3.63) is 126 Å². The zero-order valence-electron chi connectivity index (χ0n) is 29.8. The summed E-state index contributed by atoms with van der Waals surface area (Å²) in [5.41, 5.74) is 16.5. The molecule has 4 aromatic rings. The molecule has 0 radical (unpaired) electrons. The van der Waals surface area contributed by atoms with Crippen LogP contribution >= 0.6 is 11.8 Å². The third-order valence-corrected chi connectivity index (χ3v) is 10.6. The number of guanidine groups is 2. The number of benzene rings is 4. The molecule has 0 heterocycles. The Morgan fingerprint density at radius 1 is 0.655 bits per heavy atom. The van der Waals surface area contributed by atoms with Crippen LogP contribution in [0.3, 0.4) is 0 Å². The fraction of sp³-hybridized carbons (Fsp3) is 0.176. The molecule has 0 aliphatic heterocycles. The molecule has 24 heteroatoms. The van der Waals surface area contributed by atoms with Crippen LogP contribution in [0.15, 0.2) is 102 Å². The molecule has 4 rings (SSSR count). The number of hydrogen-bond donors (Lipinski definition) is 4. The van der Waals surface area contributed by atoms with Crippen LogP contribution < -0.4 is 22.9 Å². The van der Waals surface area contributed by atoms with Crippen LogP contribution in [0.1, 0.15) is 56.8 Å². The number of nitro groups is 2. The van der Waals surface area contributed by atoms with Gasteiger partial charge in [0, 0.05) is 17.0 Å².